The van der Waals surface area contributed by atoms with E-state index >= 15 is 0 Å². The zero-order valence-corrected chi connectivity index (χ0v) is 15.1. The lowest BCUT2D eigenvalue weighted by Gasteiger charge is -2.10. The number of carbonyl (C=O) groups is 2. The van der Waals surface area contributed by atoms with Crippen LogP contribution in [0.1, 0.15) is 33.0 Å². The summed E-state index contributed by atoms with van der Waals surface area (Å²) in [6.07, 6.45) is 7.79. The minimum Gasteiger partial charge on any atom is -0.393 e. The van der Waals surface area contributed by atoms with Gasteiger partial charge < -0.3 is 25.1 Å². The number of anilines is 1. The summed E-state index contributed by atoms with van der Waals surface area (Å²) >= 11 is 0. The summed E-state index contributed by atoms with van der Waals surface area (Å²) in [6, 6.07) is 3.67. The highest BCUT2D eigenvalue weighted by atomic mass is 16.2. The van der Waals surface area contributed by atoms with Gasteiger partial charge in [-0.3, -0.25) is 9.59 Å². The summed E-state index contributed by atoms with van der Waals surface area (Å²) in [6.45, 7) is 0. The Balaban J connectivity index is 2.04. The van der Waals surface area contributed by atoms with Crippen molar-refractivity contribution in [2.45, 2.75) is 12.8 Å². The molecule has 0 saturated carbocycles. The summed E-state index contributed by atoms with van der Waals surface area (Å²) in [5.74, 6) is -0.160. The van der Waals surface area contributed by atoms with Crippen LogP contribution in [0.5, 0.6) is 0 Å². The van der Waals surface area contributed by atoms with Crippen LogP contribution in [0, 0.1) is 0 Å². The molecular weight excluding hydrogens is 318 g/mol. The van der Waals surface area contributed by atoms with Crippen molar-refractivity contribution in [1.82, 2.24) is 19.8 Å². The Morgan fingerprint density at radius 1 is 1.16 bits per heavy atom. The number of hydrogen-bond acceptors (Lipinski definition) is 4. The van der Waals surface area contributed by atoms with Crippen LogP contribution < -0.4 is 16.0 Å². The predicted octanol–water partition coefficient (Wildman–Crippen LogP) is 1.64. The smallest absolute Gasteiger partial charge is 0.272 e. The molecule has 134 valence electrons. The van der Waals surface area contributed by atoms with Gasteiger partial charge in [-0.15, -0.1) is 0 Å². The average molecular weight is 343 g/mol. The molecule has 2 heterocycles. The zero-order valence-electron chi connectivity index (χ0n) is 15.1. The standard InChI is InChI=1S/C18H25N5O2/c1-19-9-14(6-5-13-7-16(12-24)22(3)10-13)21-18(25)17-8-15(20-2)11-23(17)4/h7-12,19-20H,5-6H2,1-4H3,(H,21,25)/b14-9+. The monoisotopic (exact) mass is 343 g/mol. The molecule has 0 aliphatic heterocycles. The van der Waals surface area contributed by atoms with Crippen molar-refractivity contribution in [3.63, 3.8) is 0 Å². The lowest BCUT2D eigenvalue weighted by Crippen LogP contribution is -2.26. The second-order valence-electron chi connectivity index (χ2n) is 5.89. The van der Waals surface area contributed by atoms with Crippen LogP contribution in [0.3, 0.4) is 0 Å². The van der Waals surface area contributed by atoms with Gasteiger partial charge in [0.1, 0.15) is 5.69 Å². The maximum atomic E-state index is 12.5. The Kier molecular flexibility index (Phi) is 6.05. The van der Waals surface area contributed by atoms with Crippen LogP contribution in [0.15, 0.2) is 36.4 Å². The van der Waals surface area contributed by atoms with Gasteiger partial charge >= 0.3 is 0 Å². The Morgan fingerprint density at radius 3 is 2.48 bits per heavy atom. The molecule has 0 aromatic carbocycles. The van der Waals surface area contributed by atoms with E-state index in [1.54, 1.807) is 28.4 Å². The van der Waals surface area contributed by atoms with E-state index in [-0.39, 0.29) is 5.91 Å². The highest BCUT2D eigenvalue weighted by molar-refractivity contribution is 5.95. The maximum absolute atomic E-state index is 12.5. The molecule has 7 heteroatoms. The third kappa shape index (κ3) is 4.53. The first-order valence-corrected chi connectivity index (χ1v) is 8.10. The minimum atomic E-state index is -0.160. The minimum absolute atomic E-state index is 0.160. The first-order chi connectivity index (χ1) is 12.0. The van der Waals surface area contributed by atoms with Gasteiger partial charge in [0.15, 0.2) is 6.29 Å². The van der Waals surface area contributed by atoms with Crippen molar-refractivity contribution < 1.29 is 9.59 Å². The molecule has 0 bridgehead atoms. The van der Waals surface area contributed by atoms with Gasteiger partial charge in [-0.05, 0) is 30.5 Å². The molecule has 0 aliphatic rings. The van der Waals surface area contributed by atoms with Crippen LogP contribution in [-0.4, -0.2) is 35.4 Å². The highest BCUT2D eigenvalue weighted by Gasteiger charge is 2.13. The van der Waals surface area contributed by atoms with Crippen molar-refractivity contribution in [1.29, 1.82) is 0 Å². The molecule has 2 aromatic rings. The third-order valence-corrected chi connectivity index (χ3v) is 4.02. The quantitative estimate of drug-likeness (QED) is 0.637. The largest absolute Gasteiger partial charge is 0.393 e. The number of aryl methyl sites for hydroxylation is 3. The van der Waals surface area contributed by atoms with Crippen LogP contribution in [0.2, 0.25) is 0 Å². The van der Waals surface area contributed by atoms with E-state index in [4.69, 9.17) is 0 Å². The first kappa shape index (κ1) is 18.4. The number of hydrogen-bond donors (Lipinski definition) is 3. The van der Waals surface area contributed by atoms with Gasteiger partial charge in [-0.25, -0.2) is 0 Å². The van der Waals surface area contributed by atoms with E-state index < -0.39 is 0 Å². The summed E-state index contributed by atoms with van der Waals surface area (Å²) in [5.41, 5.74) is 3.95. The average Bonchev–Trinajstić information content (AvgIpc) is 3.14. The highest BCUT2D eigenvalue weighted by Crippen LogP contribution is 2.14. The Labute approximate surface area is 147 Å². The fraction of sp³-hybridized carbons (Fsp3) is 0.333. The van der Waals surface area contributed by atoms with Crippen LogP contribution in [-0.2, 0) is 20.5 Å². The topological polar surface area (TPSA) is 80.1 Å². The number of allylic oxidation sites excluding steroid dienone is 1. The molecule has 2 aromatic heterocycles. The molecular formula is C18H25N5O2. The van der Waals surface area contributed by atoms with Gasteiger partial charge in [0.2, 0.25) is 0 Å². The van der Waals surface area contributed by atoms with Gasteiger partial charge in [0.25, 0.3) is 5.91 Å². The van der Waals surface area contributed by atoms with E-state index in [9.17, 15) is 9.59 Å². The molecule has 3 N–H and O–H groups in total. The van der Waals surface area contributed by atoms with Crippen molar-refractivity contribution >= 4 is 17.9 Å². The first-order valence-electron chi connectivity index (χ1n) is 8.10. The number of aldehydes is 1. The number of nitrogens with one attached hydrogen (secondary N) is 3. The Morgan fingerprint density at radius 2 is 1.92 bits per heavy atom. The SMILES string of the molecule is CN/C=C(\CCc1cc(C=O)n(C)c1)NC(=O)c1cc(NC)cn1C. The molecule has 1 amide bonds. The fourth-order valence-corrected chi connectivity index (χ4v) is 2.67. The molecule has 0 fully saturated rings. The maximum Gasteiger partial charge on any atom is 0.272 e. The summed E-state index contributed by atoms with van der Waals surface area (Å²) in [7, 11) is 7.29. The lowest BCUT2D eigenvalue weighted by molar-refractivity contribution is 0.0956. The van der Waals surface area contributed by atoms with E-state index in [1.165, 1.54) is 0 Å². The number of amides is 1. The van der Waals surface area contributed by atoms with Gasteiger partial charge in [0, 0.05) is 52.5 Å². The van der Waals surface area contributed by atoms with Crippen molar-refractivity contribution in [2.24, 2.45) is 14.1 Å². The van der Waals surface area contributed by atoms with Gasteiger partial charge in [0.05, 0.1) is 11.4 Å². The molecule has 7 nitrogen and oxygen atoms in total. The summed E-state index contributed by atoms with van der Waals surface area (Å²) in [5, 5.41) is 8.94. The van der Waals surface area contributed by atoms with Crippen molar-refractivity contribution in [2.75, 3.05) is 19.4 Å². The Hall–Kier alpha value is -2.96. The molecule has 0 spiro atoms. The van der Waals surface area contributed by atoms with Gasteiger partial charge in [-0.1, -0.05) is 0 Å². The predicted molar refractivity (Wildman–Crippen MR) is 98.7 cm³/mol. The normalized spacial score (nSPS) is 11.3. The van der Waals surface area contributed by atoms with Gasteiger partial charge in [-0.2, -0.15) is 0 Å². The number of aromatic nitrogens is 2. The number of rotatable bonds is 8. The fourth-order valence-electron chi connectivity index (χ4n) is 2.67. The number of carbonyl (C=O) groups excluding carboxylic acids is 2. The Bertz CT molecular complexity index is 785. The molecule has 0 saturated heterocycles. The van der Waals surface area contributed by atoms with E-state index in [0.717, 1.165) is 29.7 Å². The molecule has 0 aliphatic carbocycles. The lowest BCUT2D eigenvalue weighted by atomic mass is 10.1. The van der Waals surface area contributed by atoms with Crippen LogP contribution in [0.25, 0.3) is 0 Å². The van der Waals surface area contributed by atoms with E-state index in [2.05, 4.69) is 16.0 Å². The summed E-state index contributed by atoms with van der Waals surface area (Å²) < 4.78 is 3.58. The third-order valence-electron chi connectivity index (χ3n) is 4.02. The van der Waals surface area contributed by atoms with Crippen LogP contribution >= 0.6 is 0 Å². The van der Waals surface area contributed by atoms with Crippen LogP contribution in [0.4, 0.5) is 5.69 Å². The summed E-state index contributed by atoms with van der Waals surface area (Å²) in [4.78, 5) is 23.5. The molecule has 0 unspecified atom stereocenters. The van der Waals surface area contributed by atoms with Crippen molar-refractivity contribution in [3.05, 3.63) is 53.4 Å². The van der Waals surface area contributed by atoms with E-state index in [1.807, 2.05) is 39.6 Å². The number of nitrogens with zero attached hydrogens (tertiary/aromatic N) is 2. The van der Waals surface area contributed by atoms with Crippen molar-refractivity contribution in [3.8, 4) is 0 Å². The second kappa shape index (κ2) is 8.23. The molecule has 0 atom stereocenters. The molecule has 25 heavy (non-hydrogen) atoms. The second-order valence-corrected chi connectivity index (χ2v) is 5.89. The zero-order chi connectivity index (χ0) is 18.4. The molecule has 0 radical (unpaired) electrons. The van der Waals surface area contributed by atoms with E-state index in [0.29, 0.717) is 17.8 Å². The molecule has 2 rings (SSSR count).